The average Bonchev–Trinajstić information content (AvgIpc) is 3.46. The van der Waals surface area contributed by atoms with Crippen LogP contribution < -0.4 is 16.4 Å². The Hall–Kier alpha value is -3.79. The Kier molecular flexibility index (Phi) is 8.50. The van der Waals surface area contributed by atoms with E-state index >= 15 is 0 Å². The minimum atomic E-state index is -0.282. The van der Waals surface area contributed by atoms with Crippen LogP contribution in [0.5, 0.6) is 0 Å². The zero-order chi connectivity index (χ0) is 26.4. The second kappa shape index (κ2) is 12.0. The molecule has 9 nitrogen and oxygen atoms in total. The fraction of sp³-hybridized carbons (Fsp3) is 0.407. The van der Waals surface area contributed by atoms with E-state index in [9.17, 15) is 14.0 Å². The van der Waals surface area contributed by atoms with Gasteiger partial charge in [-0.1, -0.05) is 12.1 Å². The van der Waals surface area contributed by atoms with Crippen LogP contribution in [0.4, 0.5) is 10.2 Å². The normalized spacial score (nSPS) is 15.3. The second-order valence-corrected chi connectivity index (χ2v) is 9.39. The lowest BCUT2D eigenvalue weighted by atomic mass is 10.1. The van der Waals surface area contributed by atoms with Crippen molar-refractivity contribution in [3.63, 3.8) is 0 Å². The van der Waals surface area contributed by atoms with Crippen molar-refractivity contribution in [3.8, 4) is 11.3 Å². The lowest BCUT2D eigenvalue weighted by Gasteiger charge is -2.25. The number of aromatic nitrogens is 3. The summed E-state index contributed by atoms with van der Waals surface area (Å²) in [5.41, 5.74) is 9.31. The SMILES string of the molecule is Cc1cc(C(=O)NC[C@H]2CCC(=O)N2CCCN)c(NCCc2cccc(F)c2)nc1-c1cnn(C)c1. The van der Waals surface area contributed by atoms with Gasteiger partial charge in [0.05, 0.1) is 17.5 Å². The lowest BCUT2D eigenvalue weighted by molar-refractivity contribution is -0.128. The van der Waals surface area contributed by atoms with Crippen LogP contribution >= 0.6 is 0 Å². The highest BCUT2D eigenvalue weighted by Crippen LogP contribution is 2.26. The van der Waals surface area contributed by atoms with Crippen LogP contribution in [0.1, 0.15) is 40.7 Å². The summed E-state index contributed by atoms with van der Waals surface area (Å²) >= 11 is 0. The highest BCUT2D eigenvalue weighted by Gasteiger charge is 2.30. The number of nitrogens with one attached hydrogen (secondary N) is 2. The summed E-state index contributed by atoms with van der Waals surface area (Å²) in [4.78, 5) is 32.2. The standard InChI is InChI=1S/C27H34FN7O2/c1-18-13-23(27(37)31-16-22-7-8-24(36)35(22)12-4-10-29)26(33-25(18)20-15-32-34(2)17-20)30-11-9-19-5-3-6-21(28)14-19/h3,5-6,13-15,17,22H,4,7-12,16,29H2,1-2H3,(H,30,33)(H,31,37)/t22-/m1/s1. The van der Waals surface area contributed by atoms with Gasteiger partial charge in [0.1, 0.15) is 11.6 Å². The molecule has 10 heteroatoms. The van der Waals surface area contributed by atoms with E-state index in [1.54, 1.807) is 16.9 Å². The number of nitrogens with zero attached hydrogens (tertiary/aromatic N) is 4. The first-order valence-electron chi connectivity index (χ1n) is 12.6. The van der Waals surface area contributed by atoms with Gasteiger partial charge in [0.25, 0.3) is 5.91 Å². The van der Waals surface area contributed by atoms with Gasteiger partial charge in [-0.15, -0.1) is 0 Å². The largest absolute Gasteiger partial charge is 0.369 e. The maximum absolute atomic E-state index is 13.6. The molecule has 1 fully saturated rings. The molecule has 1 atom stereocenters. The zero-order valence-electron chi connectivity index (χ0n) is 21.3. The summed E-state index contributed by atoms with van der Waals surface area (Å²) in [6, 6.07) is 8.23. The summed E-state index contributed by atoms with van der Waals surface area (Å²) in [5.74, 6) is 0.00193. The molecule has 1 aliphatic heterocycles. The minimum Gasteiger partial charge on any atom is -0.369 e. The van der Waals surface area contributed by atoms with Gasteiger partial charge in [-0.3, -0.25) is 14.3 Å². The Bertz CT molecular complexity index is 1260. The summed E-state index contributed by atoms with van der Waals surface area (Å²) in [6.45, 7) is 3.86. The van der Waals surface area contributed by atoms with Crippen molar-refractivity contribution < 1.29 is 14.0 Å². The summed E-state index contributed by atoms with van der Waals surface area (Å²) in [7, 11) is 1.84. The number of pyridine rings is 1. The van der Waals surface area contributed by atoms with Crippen LogP contribution in [-0.4, -0.2) is 63.7 Å². The third kappa shape index (κ3) is 6.51. The van der Waals surface area contributed by atoms with E-state index in [-0.39, 0.29) is 23.7 Å². The summed E-state index contributed by atoms with van der Waals surface area (Å²) in [5, 5.41) is 10.5. The Morgan fingerprint density at radius 1 is 1.30 bits per heavy atom. The van der Waals surface area contributed by atoms with E-state index in [2.05, 4.69) is 15.7 Å². The summed E-state index contributed by atoms with van der Waals surface area (Å²) in [6.07, 6.45) is 6.10. The van der Waals surface area contributed by atoms with E-state index in [1.807, 2.05) is 37.2 Å². The van der Waals surface area contributed by atoms with Crippen LogP contribution in [0.2, 0.25) is 0 Å². The summed E-state index contributed by atoms with van der Waals surface area (Å²) < 4.78 is 15.3. The fourth-order valence-electron chi connectivity index (χ4n) is 4.65. The fourth-order valence-corrected chi connectivity index (χ4v) is 4.65. The van der Waals surface area contributed by atoms with Crippen LogP contribution in [0, 0.1) is 12.7 Å². The van der Waals surface area contributed by atoms with E-state index in [4.69, 9.17) is 10.7 Å². The first-order valence-corrected chi connectivity index (χ1v) is 12.6. The molecule has 2 amide bonds. The van der Waals surface area contributed by atoms with Crippen molar-refractivity contribution in [3.05, 3.63) is 65.2 Å². The van der Waals surface area contributed by atoms with Crippen molar-refractivity contribution in [2.45, 2.75) is 38.6 Å². The van der Waals surface area contributed by atoms with Gasteiger partial charge in [0, 0.05) is 50.9 Å². The van der Waals surface area contributed by atoms with E-state index in [0.29, 0.717) is 56.8 Å². The van der Waals surface area contributed by atoms with Gasteiger partial charge in [0.2, 0.25) is 5.91 Å². The molecule has 1 aromatic carbocycles. The number of nitrogens with two attached hydrogens (primary N) is 1. The smallest absolute Gasteiger partial charge is 0.255 e. The quantitative estimate of drug-likeness (QED) is 0.367. The van der Waals surface area contributed by atoms with Crippen molar-refractivity contribution in [2.75, 3.05) is 31.5 Å². The number of likely N-dealkylation sites (tertiary alicyclic amines) is 1. The molecule has 4 rings (SSSR count). The maximum atomic E-state index is 13.6. The molecule has 3 aromatic rings. The number of hydrogen-bond acceptors (Lipinski definition) is 6. The molecule has 0 unspecified atom stereocenters. The molecule has 2 aromatic heterocycles. The van der Waals surface area contributed by atoms with Crippen LogP contribution in [0.3, 0.4) is 0 Å². The van der Waals surface area contributed by atoms with Crippen LogP contribution in [-0.2, 0) is 18.3 Å². The Labute approximate surface area is 216 Å². The Balaban J connectivity index is 1.52. The first-order chi connectivity index (χ1) is 17.9. The number of rotatable bonds is 11. The number of amides is 2. The van der Waals surface area contributed by atoms with Gasteiger partial charge in [-0.2, -0.15) is 5.10 Å². The van der Waals surface area contributed by atoms with E-state index in [1.165, 1.54) is 12.1 Å². The second-order valence-electron chi connectivity index (χ2n) is 9.39. The molecule has 37 heavy (non-hydrogen) atoms. The Morgan fingerprint density at radius 3 is 2.86 bits per heavy atom. The van der Waals surface area contributed by atoms with E-state index < -0.39 is 0 Å². The number of carbonyl (C=O) groups excluding carboxylic acids is 2. The number of carbonyl (C=O) groups is 2. The molecule has 0 spiro atoms. The number of anilines is 1. The third-order valence-electron chi connectivity index (χ3n) is 6.59. The highest BCUT2D eigenvalue weighted by molar-refractivity contribution is 5.99. The van der Waals surface area contributed by atoms with Gasteiger partial charge in [-0.05, 0) is 62.1 Å². The maximum Gasteiger partial charge on any atom is 0.255 e. The van der Waals surface area contributed by atoms with Gasteiger partial charge in [-0.25, -0.2) is 9.37 Å². The van der Waals surface area contributed by atoms with Gasteiger partial charge in [0.15, 0.2) is 0 Å². The van der Waals surface area contributed by atoms with Gasteiger partial charge >= 0.3 is 0 Å². The van der Waals surface area contributed by atoms with E-state index in [0.717, 1.165) is 28.8 Å². The topological polar surface area (TPSA) is 118 Å². The van der Waals surface area contributed by atoms with Crippen LogP contribution in [0.15, 0.2) is 42.7 Å². The predicted molar refractivity (Wildman–Crippen MR) is 141 cm³/mol. The molecular formula is C27H34FN7O2. The molecule has 0 radical (unpaired) electrons. The van der Waals surface area contributed by atoms with Crippen molar-refractivity contribution in [2.24, 2.45) is 12.8 Å². The average molecular weight is 508 g/mol. The monoisotopic (exact) mass is 507 g/mol. The molecular weight excluding hydrogens is 473 g/mol. The number of hydrogen-bond donors (Lipinski definition) is 3. The zero-order valence-corrected chi connectivity index (χ0v) is 21.3. The molecule has 1 aliphatic rings. The van der Waals surface area contributed by atoms with Crippen molar-refractivity contribution in [1.82, 2.24) is 25.0 Å². The number of halogens is 1. The minimum absolute atomic E-state index is 0.0453. The molecule has 0 bridgehead atoms. The molecule has 196 valence electrons. The van der Waals surface area contributed by atoms with Crippen molar-refractivity contribution in [1.29, 1.82) is 0 Å². The first kappa shape index (κ1) is 26.3. The van der Waals surface area contributed by atoms with Gasteiger partial charge < -0.3 is 21.3 Å². The molecule has 3 heterocycles. The lowest BCUT2D eigenvalue weighted by Crippen LogP contribution is -2.42. The predicted octanol–water partition coefficient (Wildman–Crippen LogP) is 2.65. The Morgan fingerprint density at radius 2 is 2.14 bits per heavy atom. The highest BCUT2D eigenvalue weighted by atomic mass is 19.1. The molecule has 4 N–H and O–H groups in total. The molecule has 1 saturated heterocycles. The van der Waals surface area contributed by atoms with Crippen LogP contribution in [0.25, 0.3) is 11.3 Å². The third-order valence-corrected chi connectivity index (χ3v) is 6.59. The molecule has 0 aliphatic carbocycles. The molecule has 0 saturated carbocycles. The van der Waals surface area contributed by atoms with Crippen molar-refractivity contribution >= 4 is 17.6 Å². The number of aryl methyl sites for hydroxylation is 2. The number of benzene rings is 1.